The zero-order valence-corrected chi connectivity index (χ0v) is 10.9. The average molecular weight is 255 g/mol. The van der Waals surface area contributed by atoms with Crippen LogP contribution in [0.3, 0.4) is 0 Å². The van der Waals surface area contributed by atoms with E-state index in [2.05, 4.69) is 16.3 Å². The Kier molecular flexibility index (Phi) is 3.79. The molecule has 0 saturated heterocycles. The summed E-state index contributed by atoms with van der Waals surface area (Å²) in [6.45, 7) is 1.61. The van der Waals surface area contributed by atoms with E-state index in [0.717, 1.165) is 12.1 Å². The highest BCUT2D eigenvalue weighted by atomic mass is 32.2. The fourth-order valence-electron chi connectivity index (χ4n) is 1.76. The van der Waals surface area contributed by atoms with Crippen molar-refractivity contribution >= 4 is 17.7 Å². The highest BCUT2D eigenvalue weighted by Gasteiger charge is 2.41. The van der Waals surface area contributed by atoms with Crippen molar-refractivity contribution in [3.63, 3.8) is 0 Å². The highest BCUT2D eigenvalue weighted by Crippen LogP contribution is 2.46. The SMILES string of the molecule is COC(=O)c1occc1CNCC1(SC)CC1. The lowest BCUT2D eigenvalue weighted by Gasteiger charge is -2.12. The maximum absolute atomic E-state index is 11.4. The van der Waals surface area contributed by atoms with Gasteiger partial charge in [-0.25, -0.2) is 4.79 Å². The van der Waals surface area contributed by atoms with Crippen LogP contribution >= 0.6 is 11.8 Å². The number of hydrogen-bond acceptors (Lipinski definition) is 5. The number of furan rings is 1. The molecule has 1 aromatic heterocycles. The van der Waals surface area contributed by atoms with E-state index in [4.69, 9.17) is 4.42 Å². The number of esters is 1. The van der Waals surface area contributed by atoms with Gasteiger partial charge in [-0.2, -0.15) is 11.8 Å². The van der Waals surface area contributed by atoms with Gasteiger partial charge in [0.15, 0.2) is 0 Å². The van der Waals surface area contributed by atoms with Crippen LogP contribution < -0.4 is 5.32 Å². The molecule has 0 spiro atoms. The third-order valence-corrected chi connectivity index (χ3v) is 4.54. The van der Waals surface area contributed by atoms with Gasteiger partial charge in [-0.3, -0.25) is 0 Å². The smallest absolute Gasteiger partial charge is 0.374 e. The summed E-state index contributed by atoms with van der Waals surface area (Å²) in [7, 11) is 1.36. The topological polar surface area (TPSA) is 51.5 Å². The predicted octanol–water partition coefficient (Wildman–Crippen LogP) is 2.05. The molecule has 94 valence electrons. The van der Waals surface area contributed by atoms with Gasteiger partial charge in [0, 0.05) is 23.4 Å². The van der Waals surface area contributed by atoms with Crippen LogP contribution in [-0.4, -0.2) is 30.6 Å². The number of hydrogen-bond donors (Lipinski definition) is 1. The first kappa shape index (κ1) is 12.5. The fourth-order valence-corrected chi connectivity index (χ4v) is 2.52. The number of carbonyl (C=O) groups is 1. The van der Waals surface area contributed by atoms with Gasteiger partial charge in [-0.1, -0.05) is 0 Å². The molecule has 1 fully saturated rings. The van der Waals surface area contributed by atoms with Gasteiger partial charge >= 0.3 is 5.97 Å². The Morgan fingerprint density at radius 1 is 1.65 bits per heavy atom. The Labute approximate surface area is 105 Å². The lowest BCUT2D eigenvalue weighted by molar-refractivity contribution is 0.0563. The normalized spacial score (nSPS) is 16.8. The summed E-state index contributed by atoms with van der Waals surface area (Å²) in [5.74, 6) is -0.119. The first-order chi connectivity index (χ1) is 8.21. The van der Waals surface area contributed by atoms with E-state index in [1.807, 2.05) is 11.8 Å². The maximum atomic E-state index is 11.4. The minimum atomic E-state index is -0.419. The molecule has 2 rings (SSSR count). The van der Waals surface area contributed by atoms with Gasteiger partial charge in [0.25, 0.3) is 0 Å². The lowest BCUT2D eigenvalue weighted by atomic mass is 10.2. The molecule has 0 aliphatic heterocycles. The second-order valence-corrected chi connectivity index (χ2v) is 5.53. The molecule has 0 radical (unpaired) electrons. The van der Waals surface area contributed by atoms with Crippen LogP contribution in [0.25, 0.3) is 0 Å². The summed E-state index contributed by atoms with van der Waals surface area (Å²) in [5, 5.41) is 3.37. The van der Waals surface area contributed by atoms with E-state index in [-0.39, 0.29) is 0 Å². The molecule has 0 unspecified atom stereocenters. The van der Waals surface area contributed by atoms with E-state index >= 15 is 0 Å². The molecule has 0 amide bonds. The van der Waals surface area contributed by atoms with E-state index < -0.39 is 5.97 Å². The molecule has 17 heavy (non-hydrogen) atoms. The molecule has 1 heterocycles. The summed E-state index contributed by atoms with van der Waals surface area (Å²) in [6.07, 6.45) is 6.21. The van der Waals surface area contributed by atoms with Crippen LogP contribution in [0.5, 0.6) is 0 Å². The van der Waals surface area contributed by atoms with Crippen molar-refractivity contribution in [1.82, 2.24) is 5.32 Å². The number of ether oxygens (including phenoxy) is 1. The Morgan fingerprint density at radius 3 is 3.00 bits per heavy atom. The third-order valence-electron chi connectivity index (χ3n) is 3.12. The van der Waals surface area contributed by atoms with E-state index in [0.29, 0.717) is 17.1 Å². The fraction of sp³-hybridized carbons (Fsp3) is 0.583. The van der Waals surface area contributed by atoms with Gasteiger partial charge in [0.05, 0.1) is 13.4 Å². The zero-order chi connectivity index (χ0) is 12.3. The third kappa shape index (κ3) is 2.84. The molecular weight excluding hydrogens is 238 g/mol. The Hall–Kier alpha value is -0.940. The van der Waals surface area contributed by atoms with Crippen molar-refractivity contribution in [2.45, 2.75) is 24.1 Å². The minimum Gasteiger partial charge on any atom is -0.463 e. The number of thioether (sulfide) groups is 1. The standard InChI is InChI=1S/C12H17NO3S/c1-15-11(14)10-9(3-6-16-10)7-13-8-12(17-2)4-5-12/h3,6,13H,4-5,7-8H2,1-2H3. The van der Waals surface area contributed by atoms with Crippen LogP contribution in [0.2, 0.25) is 0 Å². The molecule has 1 aromatic rings. The molecule has 0 aromatic carbocycles. The van der Waals surface area contributed by atoms with E-state index in [1.165, 1.54) is 26.2 Å². The summed E-state index contributed by atoms with van der Waals surface area (Å²) in [5.41, 5.74) is 0.855. The molecule has 0 bridgehead atoms. The molecule has 5 heteroatoms. The Balaban J connectivity index is 1.87. The molecule has 4 nitrogen and oxygen atoms in total. The van der Waals surface area contributed by atoms with Crippen LogP contribution in [0.15, 0.2) is 16.7 Å². The highest BCUT2D eigenvalue weighted by molar-refractivity contribution is 8.00. The average Bonchev–Trinajstić information content (AvgIpc) is 2.98. The van der Waals surface area contributed by atoms with Gasteiger partial charge in [0.2, 0.25) is 5.76 Å². The van der Waals surface area contributed by atoms with Gasteiger partial charge in [-0.15, -0.1) is 0 Å². The Bertz CT molecular complexity index is 398. The van der Waals surface area contributed by atoms with E-state index in [1.54, 1.807) is 6.07 Å². The molecular formula is C12H17NO3S. The number of nitrogens with one attached hydrogen (secondary N) is 1. The summed E-state index contributed by atoms with van der Waals surface area (Å²) in [4.78, 5) is 11.4. The van der Waals surface area contributed by atoms with Crippen LogP contribution in [0, 0.1) is 0 Å². The van der Waals surface area contributed by atoms with Gasteiger partial charge in [-0.05, 0) is 25.2 Å². The number of methoxy groups -OCH3 is 1. The van der Waals surface area contributed by atoms with Crippen molar-refractivity contribution in [3.05, 3.63) is 23.7 Å². The molecule has 1 aliphatic rings. The first-order valence-corrected chi connectivity index (χ1v) is 6.84. The number of rotatable bonds is 6. The second kappa shape index (κ2) is 5.14. The zero-order valence-electron chi connectivity index (χ0n) is 10.1. The summed E-state index contributed by atoms with van der Waals surface area (Å²) < 4.78 is 10.2. The lowest BCUT2D eigenvalue weighted by Crippen LogP contribution is -2.25. The van der Waals surface area contributed by atoms with Crippen LogP contribution in [-0.2, 0) is 11.3 Å². The largest absolute Gasteiger partial charge is 0.463 e. The van der Waals surface area contributed by atoms with Crippen LogP contribution in [0.4, 0.5) is 0 Å². The quantitative estimate of drug-likeness (QED) is 0.788. The van der Waals surface area contributed by atoms with Crippen molar-refractivity contribution in [2.24, 2.45) is 0 Å². The first-order valence-electron chi connectivity index (χ1n) is 5.61. The molecule has 1 saturated carbocycles. The van der Waals surface area contributed by atoms with Crippen molar-refractivity contribution in [3.8, 4) is 0 Å². The molecule has 1 N–H and O–H groups in total. The van der Waals surface area contributed by atoms with Crippen LogP contribution in [0.1, 0.15) is 29.0 Å². The Morgan fingerprint density at radius 2 is 2.41 bits per heavy atom. The second-order valence-electron chi connectivity index (χ2n) is 4.26. The van der Waals surface area contributed by atoms with E-state index in [9.17, 15) is 4.79 Å². The van der Waals surface area contributed by atoms with Crippen molar-refractivity contribution in [1.29, 1.82) is 0 Å². The van der Waals surface area contributed by atoms with Gasteiger partial charge < -0.3 is 14.5 Å². The summed E-state index contributed by atoms with van der Waals surface area (Å²) in [6, 6.07) is 1.80. The molecule has 0 atom stereocenters. The maximum Gasteiger partial charge on any atom is 0.374 e. The minimum absolute atomic E-state index is 0.300. The molecule has 1 aliphatic carbocycles. The number of carbonyl (C=O) groups excluding carboxylic acids is 1. The van der Waals surface area contributed by atoms with Crippen molar-refractivity contribution in [2.75, 3.05) is 19.9 Å². The predicted molar refractivity (Wildman–Crippen MR) is 67.2 cm³/mol. The van der Waals surface area contributed by atoms with Crippen molar-refractivity contribution < 1.29 is 13.9 Å². The van der Waals surface area contributed by atoms with Gasteiger partial charge in [0.1, 0.15) is 0 Å². The summed E-state index contributed by atoms with van der Waals surface area (Å²) >= 11 is 1.91. The monoisotopic (exact) mass is 255 g/mol.